The summed E-state index contributed by atoms with van der Waals surface area (Å²) in [4.78, 5) is 13.2. The monoisotopic (exact) mass is 442 g/mol. The molecule has 166 valence electrons. The van der Waals surface area contributed by atoms with Crippen LogP contribution in [-0.4, -0.2) is 51.0 Å². The molecule has 31 heavy (non-hydrogen) atoms. The van der Waals surface area contributed by atoms with Crippen LogP contribution in [-0.2, 0) is 27.6 Å². The number of carbonyl (C=O) groups is 1. The molecule has 0 bridgehead atoms. The van der Waals surface area contributed by atoms with Gasteiger partial charge in [0.1, 0.15) is 0 Å². The summed E-state index contributed by atoms with van der Waals surface area (Å²) in [6, 6.07) is 14.7. The Morgan fingerprint density at radius 2 is 1.77 bits per heavy atom. The van der Waals surface area contributed by atoms with Gasteiger partial charge in [0.2, 0.25) is 10.0 Å². The van der Waals surface area contributed by atoms with Crippen molar-refractivity contribution < 1.29 is 17.9 Å². The molecule has 0 atom stereocenters. The van der Waals surface area contributed by atoms with Crippen molar-refractivity contribution in [3.63, 3.8) is 0 Å². The van der Waals surface area contributed by atoms with Crippen molar-refractivity contribution >= 4 is 15.9 Å². The zero-order valence-corrected chi connectivity index (χ0v) is 18.8. The zero-order chi connectivity index (χ0) is 21.9. The number of piperidine rings is 1. The molecular weight excluding hydrogens is 412 g/mol. The lowest BCUT2D eigenvalue weighted by Gasteiger charge is -2.42. The normalized spacial score (nSPS) is 18.5. The van der Waals surface area contributed by atoms with Crippen LogP contribution in [0.15, 0.2) is 53.4 Å². The van der Waals surface area contributed by atoms with E-state index in [0.29, 0.717) is 49.4 Å². The first-order valence-electron chi connectivity index (χ1n) is 10.9. The molecule has 0 radical (unpaired) electrons. The van der Waals surface area contributed by atoms with Crippen LogP contribution < -0.4 is 5.32 Å². The lowest BCUT2D eigenvalue weighted by Crippen LogP contribution is -2.56. The van der Waals surface area contributed by atoms with E-state index in [4.69, 9.17) is 4.74 Å². The first-order chi connectivity index (χ1) is 14.9. The number of carbonyl (C=O) groups excluding carboxylic acids is 1. The molecule has 1 aliphatic heterocycles. The molecule has 0 unspecified atom stereocenters. The minimum Gasteiger partial charge on any atom is -0.385 e. The second kappa shape index (κ2) is 9.10. The van der Waals surface area contributed by atoms with Gasteiger partial charge in [-0.2, -0.15) is 4.31 Å². The van der Waals surface area contributed by atoms with Crippen molar-refractivity contribution in [2.75, 3.05) is 26.8 Å². The Hall–Kier alpha value is -2.22. The van der Waals surface area contributed by atoms with E-state index in [9.17, 15) is 13.2 Å². The number of aryl methyl sites for hydroxylation is 2. The molecule has 1 aliphatic carbocycles. The predicted octanol–water partition coefficient (Wildman–Crippen LogP) is 3.17. The maximum Gasteiger partial charge on any atom is 0.251 e. The van der Waals surface area contributed by atoms with Crippen LogP contribution in [0.2, 0.25) is 0 Å². The lowest BCUT2D eigenvalue weighted by atomic mass is 9.85. The number of hydrogen-bond donors (Lipinski definition) is 1. The number of benzene rings is 2. The van der Waals surface area contributed by atoms with Gasteiger partial charge in [-0.3, -0.25) is 4.79 Å². The van der Waals surface area contributed by atoms with E-state index in [1.54, 1.807) is 29.6 Å². The van der Waals surface area contributed by atoms with Crippen molar-refractivity contribution in [1.82, 2.24) is 9.62 Å². The van der Waals surface area contributed by atoms with Crippen LogP contribution in [0.3, 0.4) is 0 Å². The van der Waals surface area contributed by atoms with Gasteiger partial charge in [-0.05, 0) is 73.9 Å². The minimum atomic E-state index is -3.55. The largest absolute Gasteiger partial charge is 0.385 e. The molecule has 1 N–H and O–H groups in total. The van der Waals surface area contributed by atoms with Crippen LogP contribution in [0.4, 0.5) is 0 Å². The van der Waals surface area contributed by atoms with Gasteiger partial charge in [0.25, 0.3) is 5.91 Å². The second-order valence-electron chi connectivity index (χ2n) is 8.53. The fourth-order valence-corrected chi connectivity index (χ4v) is 6.14. The number of fused-ring (bicyclic) bond motifs is 1. The Balaban J connectivity index is 1.48. The Labute approximate surface area is 184 Å². The van der Waals surface area contributed by atoms with E-state index < -0.39 is 15.6 Å². The number of amides is 1. The van der Waals surface area contributed by atoms with Gasteiger partial charge in [-0.15, -0.1) is 0 Å². The molecule has 1 heterocycles. The summed E-state index contributed by atoms with van der Waals surface area (Å²) in [5.41, 5.74) is 2.54. The quantitative estimate of drug-likeness (QED) is 0.715. The first-order valence-corrected chi connectivity index (χ1v) is 12.4. The van der Waals surface area contributed by atoms with Crippen LogP contribution in [0.25, 0.3) is 0 Å². The molecule has 1 fully saturated rings. The smallest absolute Gasteiger partial charge is 0.251 e. The molecule has 0 saturated carbocycles. The van der Waals surface area contributed by atoms with E-state index in [1.165, 1.54) is 5.56 Å². The number of sulfonamides is 1. The molecule has 0 aromatic heterocycles. The van der Waals surface area contributed by atoms with Gasteiger partial charge in [0.05, 0.1) is 4.90 Å². The van der Waals surface area contributed by atoms with Crippen LogP contribution in [0.5, 0.6) is 0 Å². The van der Waals surface area contributed by atoms with Gasteiger partial charge >= 0.3 is 0 Å². The topological polar surface area (TPSA) is 75.7 Å². The Morgan fingerprint density at radius 3 is 2.48 bits per heavy atom. The highest BCUT2D eigenvalue weighted by Gasteiger charge is 2.39. The number of nitrogens with zero attached hydrogens (tertiary/aromatic N) is 1. The second-order valence-corrected chi connectivity index (χ2v) is 10.5. The third kappa shape index (κ3) is 4.68. The summed E-state index contributed by atoms with van der Waals surface area (Å²) >= 11 is 0. The predicted molar refractivity (Wildman–Crippen MR) is 120 cm³/mol. The standard InChI is InChI=1S/C24H30N2O4S/c1-30-17-14-24(25-23(27)20-6-3-2-4-7-20)12-15-26(16-13-24)31(28,29)22-11-10-19-8-5-9-21(19)18-22/h2-4,6-7,10-11,18H,5,8-9,12-17H2,1H3,(H,25,27). The molecule has 0 spiro atoms. The average molecular weight is 443 g/mol. The van der Waals surface area contributed by atoms with Crippen LogP contribution in [0, 0.1) is 0 Å². The van der Waals surface area contributed by atoms with E-state index in [0.717, 1.165) is 24.8 Å². The van der Waals surface area contributed by atoms with E-state index in [-0.39, 0.29) is 5.91 Å². The summed E-state index contributed by atoms with van der Waals surface area (Å²) in [5, 5.41) is 3.19. The lowest BCUT2D eigenvalue weighted by molar-refractivity contribution is 0.0783. The van der Waals surface area contributed by atoms with E-state index >= 15 is 0 Å². The maximum atomic E-state index is 13.3. The van der Waals surface area contributed by atoms with Gasteiger partial charge in [-0.1, -0.05) is 24.3 Å². The molecule has 2 aromatic carbocycles. The highest BCUT2D eigenvalue weighted by molar-refractivity contribution is 7.89. The minimum absolute atomic E-state index is 0.133. The van der Waals surface area contributed by atoms with Gasteiger partial charge in [0, 0.05) is 37.9 Å². The van der Waals surface area contributed by atoms with Crippen LogP contribution >= 0.6 is 0 Å². The highest BCUT2D eigenvalue weighted by Crippen LogP contribution is 2.31. The van der Waals surface area contributed by atoms with Crippen molar-refractivity contribution in [2.45, 2.75) is 49.0 Å². The third-order valence-corrected chi connectivity index (χ3v) is 8.48. The van der Waals surface area contributed by atoms with Crippen molar-refractivity contribution in [1.29, 1.82) is 0 Å². The van der Waals surface area contributed by atoms with E-state index in [1.807, 2.05) is 30.3 Å². The van der Waals surface area contributed by atoms with Crippen molar-refractivity contribution in [3.8, 4) is 0 Å². The summed E-state index contributed by atoms with van der Waals surface area (Å²) in [5.74, 6) is -0.133. The molecule has 2 aromatic rings. The van der Waals surface area contributed by atoms with Crippen molar-refractivity contribution in [3.05, 3.63) is 65.2 Å². The number of rotatable bonds is 7. The number of hydrogen-bond acceptors (Lipinski definition) is 4. The highest BCUT2D eigenvalue weighted by atomic mass is 32.2. The molecule has 4 rings (SSSR count). The molecule has 7 heteroatoms. The SMILES string of the molecule is COCCC1(NC(=O)c2ccccc2)CCN(S(=O)(=O)c2ccc3c(c2)CCC3)CC1. The number of methoxy groups -OCH3 is 1. The maximum absolute atomic E-state index is 13.3. The molecule has 2 aliphatic rings. The molecular formula is C24H30N2O4S. The molecule has 1 amide bonds. The van der Waals surface area contributed by atoms with E-state index in [2.05, 4.69) is 5.32 Å². The third-order valence-electron chi connectivity index (χ3n) is 6.59. The molecule has 6 nitrogen and oxygen atoms in total. The molecule has 1 saturated heterocycles. The fourth-order valence-electron chi connectivity index (χ4n) is 4.65. The Bertz CT molecular complexity index is 1030. The summed E-state index contributed by atoms with van der Waals surface area (Å²) in [6.07, 6.45) is 4.82. The van der Waals surface area contributed by atoms with Gasteiger partial charge < -0.3 is 10.1 Å². The van der Waals surface area contributed by atoms with Gasteiger partial charge in [-0.25, -0.2) is 8.42 Å². The summed E-state index contributed by atoms with van der Waals surface area (Å²) in [7, 11) is -1.91. The number of ether oxygens (including phenoxy) is 1. The Kier molecular flexibility index (Phi) is 6.46. The first kappa shape index (κ1) is 22.0. The van der Waals surface area contributed by atoms with Crippen LogP contribution in [0.1, 0.15) is 47.2 Å². The fraction of sp³-hybridized carbons (Fsp3) is 0.458. The average Bonchev–Trinajstić information content (AvgIpc) is 3.27. The van der Waals surface area contributed by atoms with Crippen molar-refractivity contribution in [2.24, 2.45) is 0 Å². The Morgan fingerprint density at radius 1 is 1.06 bits per heavy atom. The summed E-state index contributed by atoms with van der Waals surface area (Å²) in [6.45, 7) is 1.25. The zero-order valence-electron chi connectivity index (χ0n) is 18.0. The number of nitrogens with one attached hydrogen (secondary N) is 1. The van der Waals surface area contributed by atoms with Gasteiger partial charge in [0.15, 0.2) is 0 Å². The summed E-state index contributed by atoms with van der Waals surface area (Å²) < 4.78 is 33.4.